The molecule has 1 aliphatic rings. The number of nitrogens with one attached hydrogen (secondary N) is 3. The molecule has 1 aromatic heterocycles. The Morgan fingerprint density at radius 1 is 0.842 bits per heavy atom. The summed E-state index contributed by atoms with van der Waals surface area (Å²) in [7, 11) is -4.55. The van der Waals surface area contributed by atoms with Crippen LogP contribution in [0.1, 0.15) is 78.9 Å². The van der Waals surface area contributed by atoms with E-state index in [4.69, 9.17) is 39.5 Å². The van der Waals surface area contributed by atoms with Gasteiger partial charge in [-0.05, 0) is 84.2 Å². The Labute approximate surface area is 348 Å². The molecule has 2 unspecified atom stereocenters. The molecule has 2 heterocycles. The van der Waals surface area contributed by atoms with Crippen molar-refractivity contribution in [3.63, 3.8) is 0 Å². The molecule has 3 N–H and O–H groups in total. The second-order valence-corrected chi connectivity index (χ2v) is 18.0. The molecule has 0 saturated heterocycles. The van der Waals surface area contributed by atoms with Crippen LogP contribution in [0.4, 0.5) is 21.9 Å². The third-order valence-electron chi connectivity index (χ3n) is 10.1. The van der Waals surface area contributed by atoms with Gasteiger partial charge in [-0.15, -0.1) is 5.10 Å². The maximum absolute atomic E-state index is 13.8. The standard InChI is InChI=1S/C41H45Cl3N6O6S/c1-8-31(56-32-18-17-24(40(4,5)9-2)20-28(32)41(6,7)10-3)37(51)46-26-14-13-15-27(23-26)47-39(53)48-36-35(57(54,55)33-16-11-12-19-45-33)38(52)50(49-36)34-29(43)21-25(42)22-30(34)44/h11-23,31,35H,8-10H2,1-7H3,(H,46,51)(H2,47,48,49,53). The average molecular weight is 856 g/mol. The predicted octanol–water partition coefficient (Wildman–Crippen LogP) is 9.54. The number of ether oxygens (including phenoxy) is 1. The number of anilines is 3. The van der Waals surface area contributed by atoms with Gasteiger partial charge in [0.2, 0.25) is 15.1 Å². The van der Waals surface area contributed by atoms with Crippen LogP contribution in [-0.4, -0.2) is 48.4 Å². The zero-order chi connectivity index (χ0) is 41.9. The highest BCUT2D eigenvalue weighted by atomic mass is 35.5. The smallest absolute Gasteiger partial charge is 0.324 e. The minimum absolute atomic E-state index is 0.0318. The molecule has 4 aromatic rings. The highest BCUT2D eigenvalue weighted by Gasteiger charge is 2.49. The van der Waals surface area contributed by atoms with Crippen molar-refractivity contribution in [1.82, 2.24) is 10.3 Å². The van der Waals surface area contributed by atoms with E-state index < -0.39 is 49.9 Å². The van der Waals surface area contributed by atoms with Crippen molar-refractivity contribution in [2.45, 2.75) is 94.9 Å². The van der Waals surface area contributed by atoms with E-state index in [0.29, 0.717) is 22.9 Å². The third-order valence-corrected chi connectivity index (χ3v) is 12.8. The molecule has 16 heteroatoms. The number of urea groups is 1. The summed E-state index contributed by atoms with van der Waals surface area (Å²) in [4.78, 5) is 44.7. The van der Waals surface area contributed by atoms with Gasteiger partial charge in [0.05, 0.1) is 10.0 Å². The number of hydrogen-bond donors (Lipinski definition) is 3. The van der Waals surface area contributed by atoms with Gasteiger partial charge in [-0.1, -0.05) is 108 Å². The first-order valence-electron chi connectivity index (χ1n) is 18.4. The van der Waals surface area contributed by atoms with E-state index in [1.54, 1.807) is 18.2 Å². The Balaban J connectivity index is 1.36. The Morgan fingerprint density at radius 2 is 1.49 bits per heavy atom. The highest BCUT2D eigenvalue weighted by molar-refractivity contribution is 7.93. The SMILES string of the molecule is CCC(Oc1ccc(C(C)(C)CC)cc1C(C)(C)CC)C(=O)Nc1cccc(NC(=O)NC2=NN(c3c(Cl)cc(Cl)cc3Cl)C(=O)C2S(=O)(=O)c2ccccn2)c1. The number of nitrogens with zero attached hydrogens (tertiary/aromatic N) is 3. The van der Waals surface area contributed by atoms with Crippen LogP contribution >= 0.6 is 34.8 Å². The van der Waals surface area contributed by atoms with Crippen LogP contribution < -0.4 is 25.7 Å². The topological polar surface area (TPSA) is 159 Å². The summed E-state index contributed by atoms with van der Waals surface area (Å²) in [6.07, 6.45) is 2.63. The summed E-state index contributed by atoms with van der Waals surface area (Å²) in [5.41, 5.74) is 2.44. The van der Waals surface area contributed by atoms with Crippen LogP contribution in [0.25, 0.3) is 0 Å². The van der Waals surface area contributed by atoms with Crippen LogP contribution in [0.2, 0.25) is 15.1 Å². The number of benzene rings is 3. The predicted molar refractivity (Wildman–Crippen MR) is 227 cm³/mol. The number of carbonyl (C=O) groups excluding carboxylic acids is 3. The van der Waals surface area contributed by atoms with E-state index in [0.717, 1.165) is 18.4 Å². The number of hydrogen-bond acceptors (Lipinski definition) is 8. The van der Waals surface area contributed by atoms with Gasteiger partial charge in [-0.25, -0.2) is 18.2 Å². The molecule has 0 bridgehead atoms. The van der Waals surface area contributed by atoms with E-state index in [-0.39, 0.29) is 37.3 Å². The van der Waals surface area contributed by atoms with Gasteiger partial charge in [0, 0.05) is 28.2 Å². The first-order chi connectivity index (χ1) is 26.8. The van der Waals surface area contributed by atoms with Crippen molar-refractivity contribution in [2.24, 2.45) is 5.10 Å². The van der Waals surface area contributed by atoms with Crippen LogP contribution in [0, 0.1) is 0 Å². The van der Waals surface area contributed by atoms with Gasteiger partial charge in [0.1, 0.15) is 11.4 Å². The van der Waals surface area contributed by atoms with E-state index in [9.17, 15) is 22.8 Å². The van der Waals surface area contributed by atoms with Gasteiger partial charge in [-0.3, -0.25) is 14.9 Å². The van der Waals surface area contributed by atoms with E-state index in [1.165, 1.54) is 48.2 Å². The van der Waals surface area contributed by atoms with Gasteiger partial charge in [0.25, 0.3) is 11.8 Å². The fraction of sp³-hybridized carbons (Fsp3) is 0.341. The minimum atomic E-state index is -4.55. The zero-order valence-corrected chi connectivity index (χ0v) is 35.7. The molecule has 0 aliphatic carbocycles. The van der Waals surface area contributed by atoms with Gasteiger partial charge in [0.15, 0.2) is 17.0 Å². The number of rotatable bonds is 13. The average Bonchev–Trinajstić information content (AvgIpc) is 3.48. The minimum Gasteiger partial charge on any atom is -0.480 e. The van der Waals surface area contributed by atoms with E-state index in [1.807, 2.05) is 13.0 Å². The summed E-state index contributed by atoms with van der Waals surface area (Å²) in [6, 6.07) is 18.4. The summed E-state index contributed by atoms with van der Waals surface area (Å²) >= 11 is 18.8. The normalized spacial score (nSPS) is 15.2. The van der Waals surface area contributed by atoms with Gasteiger partial charge < -0.3 is 15.4 Å². The van der Waals surface area contributed by atoms with Gasteiger partial charge in [-0.2, -0.15) is 5.01 Å². The molecule has 12 nitrogen and oxygen atoms in total. The zero-order valence-electron chi connectivity index (χ0n) is 32.6. The molecule has 1 aliphatic heterocycles. The maximum Gasteiger partial charge on any atom is 0.324 e. The van der Waals surface area contributed by atoms with Gasteiger partial charge >= 0.3 is 6.03 Å². The largest absolute Gasteiger partial charge is 0.480 e. The second kappa shape index (κ2) is 17.4. The molecular formula is C41H45Cl3N6O6S. The number of sulfone groups is 1. The van der Waals surface area contributed by atoms with Crippen LogP contribution in [0.15, 0.2) is 89.1 Å². The quantitative estimate of drug-likeness (QED) is 0.121. The Hall–Kier alpha value is -4.69. The third kappa shape index (κ3) is 9.55. The lowest BCUT2D eigenvalue weighted by Gasteiger charge is -2.31. The first kappa shape index (κ1) is 43.4. The maximum atomic E-state index is 13.8. The summed E-state index contributed by atoms with van der Waals surface area (Å²) in [6.45, 7) is 14.9. The van der Waals surface area contributed by atoms with Crippen molar-refractivity contribution in [3.8, 4) is 5.75 Å². The highest BCUT2D eigenvalue weighted by Crippen LogP contribution is 2.41. The van der Waals surface area contributed by atoms with Crippen molar-refractivity contribution < 1.29 is 27.5 Å². The fourth-order valence-corrected chi connectivity index (χ4v) is 8.43. The Bertz CT molecular complexity index is 2300. The fourth-order valence-electron chi connectivity index (χ4n) is 5.97. The lowest BCUT2D eigenvalue weighted by molar-refractivity contribution is -0.123. The number of pyridine rings is 1. The number of carbonyl (C=O) groups is 3. The summed E-state index contributed by atoms with van der Waals surface area (Å²) < 4.78 is 34.0. The molecule has 5 rings (SSSR count). The monoisotopic (exact) mass is 854 g/mol. The Morgan fingerprint density at radius 3 is 2.09 bits per heavy atom. The van der Waals surface area contributed by atoms with Crippen LogP contribution in [0.3, 0.4) is 0 Å². The lowest BCUT2D eigenvalue weighted by atomic mass is 9.76. The molecule has 2 atom stereocenters. The van der Waals surface area contributed by atoms with Crippen molar-refractivity contribution in [3.05, 3.63) is 105 Å². The van der Waals surface area contributed by atoms with Crippen molar-refractivity contribution >= 4 is 85.4 Å². The number of amides is 4. The number of hydrazone groups is 1. The molecule has 302 valence electrons. The molecule has 0 fully saturated rings. The Kier molecular flexibility index (Phi) is 13.3. The van der Waals surface area contributed by atoms with E-state index >= 15 is 0 Å². The van der Waals surface area contributed by atoms with Crippen LogP contribution in [0.5, 0.6) is 5.75 Å². The number of amidine groups is 1. The van der Waals surface area contributed by atoms with Crippen molar-refractivity contribution in [2.75, 3.05) is 15.6 Å². The molecular weight excluding hydrogens is 811 g/mol. The first-order valence-corrected chi connectivity index (χ1v) is 21.0. The molecule has 0 radical (unpaired) electrons. The molecule has 3 aromatic carbocycles. The number of halogens is 3. The molecule has 4 amide bonds. The summed E-state index contributed by atoms with van der Waals surface area (Å²) in [5, 5.41) is 10.3. The second-order valence-electron chi connectivity index (χ2n) is 14.8. The van der Waals surface area contributed by atoms with E-state index in [2.05, 4.69) is 79.7 Å². The molecule has 57 heavy (non-hydrogen) atoms. The van der Waals surface area contributed by atoms with Crippen LogP contribution in [-0.2, 0) is 30.3 Å². The lowest BCUT2D eigenvalue weighted by Crippen LogP contribution is -2.46. The molecule has 0 saturated carbocycles. The summed E-state index contributed by atoms with van der Waals surface area (Å²) in [5.74, 6) is -1.35. The molecule has 0 spiro atoms. The van der Waals surface area contributed by atoms with Crippen molar-refractivity contribution in [1.29, 1.82) is 0 Å². The number of aromatic nitrogens is 1.